The second kappa shape index (κ2) is 5.81. The van der Waals surface area contributed by atoms with Gasteiger partial charge in [-0.15, -0.1) is 0 Å². The molecule has 0 amide bonds. The molecule has 12 heteroatoms. The number of nitrogens with zero attached hydrogens (tertiary/aromatic N) is 4. The fourth-order valence-corrected chi connectivity index (χ4v) is 2.23. The van der Waals surface area contributed by atoms with Gasteiger partial charge in [0, 0.05) is 16.8 Å². The van der Waals surface area contributed by atoms with E-state index in [1.807, 2.05) is 0 Å². The van der Waals surface area contributed by atoms with Crippen LogP contribution in [-0.4, -0.2) is 78.1 Å². The van der Waals surface area contributed by atoms with E-state index in [0.29, 0.717) is 0 Å². The topological polar surface area (TPSA) is 67.3 Å². The molecule has 4 aliphatic rings. The average Bonchev–Trinajstić information content (AvgIpc) is 2.12. The minimum absolute atomic E-state index is 0. The van der Waals surface area contributed by atoms with Gasteiger partial charge in [-0.1, -0.05) is 0 Å². The van der Waals surface area contributed by atoms with E-state index in [4.69, 9.17) is 13.0 Å². The smallest absolute Gasteiger partial charge is 0.279 e. The number of alkyl halides is 3. The van der Waals surface area contributed by atoms with Gasteiger partial charge in [-0.2, -0.15) is 21.6 Å². The summed E-state index contributed by atoms with van der Waals surface area (Å²) in [5, 5.41) is 0. The fourth-order valence-electron chi connectivity index (χ4n) is 2.23. The van der Waals surface area contributed by atoms with E-state index in [1.165, 1.54) is 40.0 Å². The second-order valence-corrected chi connectivity index (χ2v) is 5.87. The molecule has 0 atom stereocenters. The quantitative estimate of drug-likeness (QED) is 0.462. The molecule has 0 saturated carbocycles. The molecular weight excluding hydrogens is 336 g/mol. The molecule has 4 saturated heterocycles. The van der Waals surface area contributed by atoms with Crippen LogP contribution < -0.4 is 0 Å². The zero-order valence-corrected chi connectivity index (χ0v) is 11.5. The maximum Gasteiger partial charge on any atom is 0.522 e. The van der Waals surface area contributed by atoms with Gasteiger partial charge in [-0.05, 0) is 0 Å². The van der Waals surface area contributed by atoms with Gasteiger partial charge in [0.25, 0.3) is 0 Å². The zero-order chi connectivity index (χ0) is 13.6. The van der Waals surface area contributed by atoms with Crippen LogP contribution in [0.15, 0.2) is 0 Å². The van der Waals surface area contributed by atoms with E-state index in [9.17, 15) is 13.2 Å². The maximum absolute atomic E-state index is 10.7. The first-order valence-corrected chi connectivity index (χ1v) is 6.52. The van der Waals surface area contributed by atoms with Gasteiger partial charge in [-0.3, -0.25) is 24.2 Å². The average molecular weight is 349 g/mol. The summed E-state index contributed by atoms with van der Waals surface area (Å²) in [5.74, 6) is 0. The summed E-state index contributed by atoms with van der Waals surface area (Å²) >= 11 is 0. The van der Waals surface area contributed by atoms with Gasteiger partial charge in [0.15, 0.2) is 0 Å². The Hall–Kier alpha value is 0.0465. The molecule has 4 rings (SSSR count). The molecule has 7 nitrogen and oxygen atoms in total. The first-order chi connectivity index (χ1) is 8.15. The Morgan fingerprint density at radius 2 is 0.947 bits per heavy atom. The second-order valence-electron chi connectivity index (χ2n) is 4.45. The predicted octanol–water partition coefficient (Wildman–Crippen LogP) is -0.628. The molecule has 0 aromatic rings. The fraction of sp³-hybridized carbons (Fsp3) is 1.00. The van der Waals surface area contributed by atoms with Crippen molar-refractivity contribution in [2.75, 3.05) is 40.0 Å². The summed E-state index contributed by atoms with van der Waals surface area (Å²) in [5.41, 5.74) is -5.53. The Morgan fingerprint density at radius 3 is 1.05 bits per heavy atom. The molecular formula is C7H13CoF3N4O3S. The summed E-state index contributed by atoms with van der Waals surface area (Å²) in [6.45, 7) is 7.12. The first-order valence-electron chi connectivity index (χ1n) is 5.08. The van der Waals surface area contributed by atoms with Crippen molar-refractivity contribution in [1.82, 2.24) is 19.6 Å². The molecule has 0 aromatic carbocycles. The molecule has 115 valence electrons. The van der Waals surface area contributed by atoms with Gasteiger partial charge >= 0.3 is 15.6 Å². The van der Waals surface area contributed by atoms with Crippen LogP contribution >= 0.6 is 0 Å². The first kappa shape index (κ1) is 17.1. The molecule has 4 bridgehead atoms. The molecule has 1 radical (unpaired) electrons. The summed E-state index contributed by atoms with van der Waals surface area (Å²) < 4.78 is 57.5. The molecule has 4 fully saturated rings. The monoisotopic (exact) mass is 349 g/mol. The molecule has 0 aliphatic carbocycles. The Kier molecular flexibility index (Phi) is 5.23. The van der Waals surface area contributed by atoms with Crippen molar-refractivity contribution in [1.29, 1.82) is 0 Å². The van der Waals surface area contributed by atoms with Crippen LogP contribution in [-0.2, 0) is 26.9 Å². The molecule has 4 heterocycles. The summed E-state index contributed by atoms with van der Waals surface area (Å²) in [7, 11) is -5.84. The Balaban J connectivity index is 0.000000187. The van der Waals surface area contributed by atoms with Crippen LogP contribution in [0.2, 0.25) is 0 Å². The maximum atomic E-state index is 10.7. The van der Waals surface area contributed by atoms with Crippen LogP contribution in [0.3, 0.4) is 0 Å². The standard InChI is InChI=1S/C6H12N4.CHF3O3S.Co/c1-7-2-9-4-8(1)5-10(3-7)6-9;2-1(3,4)8(5,6)7;/h1-6H2;(H,5,6,7);. The minimum atomic E-state index is -5.84. The van der Waals surface area contributed by atoms with E-state index in [1.54, 1.807) is 0 Å². The van der Waals surface area contributed by atoms with Gasteiger partial charge in [-0.25, -0.2) is 0 Å². The Labute approximate surface area is 118 Å². The zero-order valence-electron chi connectivity index (χ0n) is 9.67. The molecule has 0 spiro atoms. The third-order valence-electron chi connectivity index (χ3n) is 2.69. The Bertz CT molecular complexity index is 362. The van der Waals surface area contributed by atoms with Crippen molar-refractivity contribution >= 4 is 10.1 Å². The molecule has 0 unspecified atom stereocenters. The normalized spacial score (nSPS) is 36.2. The molecule has 19 heavy (non-hydrogen) atoms. The van der Waals surface area contributed by atoms with Crippen LogP contribution in [0.4, 0.5) is 13.2 Å². The van der Waals surface area contributed by atoms with Crippen LogP contribution in [0, 0.1) is 0 Å². The van der Waals surface area contributed by atoms with E-state index in [2.05, 4.69) is 19.6 Å². The van der Waals surface area contributed by atoms with Gasteiger partial charge in [0.05, 0.1) is 40.0 Å². The predicted molar refractivity (Wildman–Crippen MR) is 54.2 cm³/mol. The van der Waals surface area contributed by atoms with Crippen molar-refractivity contribution in [2.45, 2.75) is 5.51 Å². The van der Waals surface area contributed by atoms with Crippen molar-refractivity contribution in [2.24, 2.45) is 0 Å². The van der Waals surface area contributed by atoms with Crippen molar-refractivity contribution in [3.8, 4) is 0 Å². The van der Waals surface area contributed by atoms with E-state index in [-0.39, 0.29) is 16.8 Å². The van der Waals surface area contributed by atoms with E-state index < -0.39 is 15.6 Å². The summed E-state index contributed by atoms with van der Waals surface area (Å²) in [6.07, 6.45) is 0. The Morgan fingerprint density at radius 1 is 0.789 bits per heavy atom. The van der Waals surface area contributed by atoms with Crippen molar-refractivity contribution < 1.29 is 42.9 Å². The SMILES string of the molecule is C1N2CN3CN1CN(C2)C3.O=S(=O)(O)C(F)(F)F.[Co]. The number of halogens is 3. The molecule has 0 aromatic heterocycles. The van der Waals surface area contributed by atoms with Gasteiger partial charge in [0.1, 0.15) is 0 Å². The van der Waals surface area contributed by atoms with E-state index in [0.717, 1.165) is 0 Å². The summed E-state index contributed by atoms with van der Waals surface area (Å²) in [4.78, 5) is 9.88. The number of rotatable bonds is 0. The summed E-state index contributed by atoms with van der Waals surface area (Å²) in [6, 6.07) is 0. The van der Waals surface area contributed by atoms with Crippen LogP contribution in [0.25, 0.3) is 0 Å². The van der Waals surface area contributed by atoms with Crippen LogP contribution in [0.1, 0.15) is 0 Å². The number of hydrogen-bond donors (Lipinski definition) is 1. The molecule has 4 aliphatic heterocycles. The molecule has 1 N–H and O–H groups in total. The van der Waals surface area contributed by atoms with Gasteiger partial charge in [0.2, 0.25) is 0 Å². The third-order valence-corrected chi connectivity index (χ3v) is 3.28. The van der Waals surface area contributed by atoms with E-state index >= 15 is 0 Å². The number of hydrogen-bond acceptors (Lipinski definition) is 6. The minimum Gasteiger partial charge on any atom is -0.279 e. The van der Waals surface area contributed by atoms with Crippen LogP contribution in [0.5, 0.6) is 0 Å². The third kappa shape index (κ3) is 4.26. The van der Waals surface area contributed by atoms with Gasteiger partial charge < -0.3 is 0 Å². The van der Waals surface area contributed by atoms with Crippen molar-refractivity contribution in [3.05, 3.63) is 0 Å². The largest absolute Gasteiger partial charge is 0.522 e. The van der Waals surface area contributed by atoms with Crippen molar-refractivity contribution in [3.63, 3.8) is 0 Å².